The summed E-state index contributed by atoms with van der Waals surface area (Å²) in [6.45, 7) is 1.96. The van der Waals surface area contributed by atoms with Crippen molar-refractivity contribution in [1.29, 1.82) is 0 Å². The van der Waals surface area contributed by atoms with Crippen LogP contribution in [0.1, 0.15) is 29.1 Å². The van der Waals surface area contributed by atoms with E-state index in [1.165, 1.54) is 6.26 Å². The van der Waals surface area contributed by atoms with Crippen LogP contribution >= 0.6 is 11.6 Å². The summed E-state index contributed by atoms with van der Waals surface area (Å²) in [6.07, 6.45) is 1.49. The predicted octanol–water partition coefficient (Wildman–Crippen LogP) is 3.77. The van der Waals surface area contributed by atoms with Crippen LogP contribution in [-0.2, 0) is 0 Å². The topological polar surface area (TPSA) is 33.5 Å². The van der Waals surface area contributed by atoms with E-state index in [1.807, 2.05) is 31.2 Å². The summed E-state index contributed by atoms with van der Waals surface area (Å²) >= 11 is 5.84. The zero-order valence-corrected chi connectivity index (χ0v) is 11.0. The second kappa shape index (κ2) is 5.27. The van der Waals surface area contributed by atoms with Gasteiger partial charge in [0.05, 0.1) is 12.3 Å². The van der Waals surface area contributed by atoms with E-state index in [1.54, 1.807) is 24.1 Å². The first-order valence-electron chi connectivity index (χ1n) is 5.65. The van der Waals surface area contributed by atoms with Crippen LogP contribution < -0.4 is 0 Å². The molecule has 1 unspecified atom stereocenters. The van der Waals surface area contributed by atoms with E-state index in [2.05, 4.69) is 0 Å². The molecule has 94 valence electrons. The average molecular weight is 264 g/mol. The van der Waals surface area contributed by atoms with Gasteiger partial charge in [0.25, 0.3) is 5.91 Å². The Kier molecular flexibility index (Phi) is 3.72. The lowest BCUT2D eigenvalue weighted by atomic mass is 10.1. The van der Waals surface area contributed by atoms with Crippen molar-refractivity contribution in [2.45, 2.75) is 13.0 Å². The Morgan fingerprint density at radius 2 is 1.94 bits per heavy atom. The number of carbonyl (C=O) groups is 1. The second-order valence-electron chi connectivity index (χ2n) is 4.12. The van der Waals surface area contributed by atoms with E-state index in [-0.39, 0.29) is 11.9 Å². The first kappa shape index (κ1) is 12.7. The molecule has 1 aromatic carbocycles. The standard InChI is InChI=1S/C14H14ClNO2/c1-10(11-5-7-12(15)8-6-11)16(2)14(17)13-4-3-9-18-13/h3-10H,1-2H3. The third-order valence-electron chi connectivity index (χ3n) is 2.99. The van der Waals surface area contributed by atoms with Crippen LogP contribution in [0.15, 0.2) is 47.1 Å². The minimum absolute atomic E-state index is 0.0418. The molecule has 0 saturated heterocycles. The zero-order chi connectivity index (χ0) is 13.1. The smallest absolute Gasteiger partial charge is 0.289 e. The molecule has 1 heterocycles. The summed E-state index contributed by atoms with van der Waals surface area (Å²) in [5.74, 6) is 0.209. The molecule has 0 aliphatic heterocycles. The Morgan fingerprint density at radius 1 is 1.28 bits per heavy atom. The molecule has 2 aromatic rings. The zero-order valence-electron chi connectivity index (χ0n) is 10.3. The highest BCUT2D eigenvalue weighted by molar-refractivity contribution is 6.30. The Morgan fingerprint density at radius 3 is 2.50 bits per heavy atom. The number of rotatable bonds is 3. The molecule has 18 heavy (non-hydrogen) atoms. The van der Waals surface area contributed by atoms with Crippen molar-refractivity contribution >= 4 is 17.5 Å². The molecule has 1 aromatic heterocycles. The number of hydrogen-bond donors (Lipinski definition) is 0. The number of furan rings is 1. The van der Waals surface area contributed by atoms with Crippen molar-refractivity contribution < 1.29 is 9.21 Å². The fraction of sp³-hybridized carbons (Fsp3) is 0.214. The fourth-order valence-corrected chi connectivity index (χ4v) is 1.84. The molecule has 0 aliphatic rings. The summed E-state index contributed by atoms with van der Waals surface area (Å²) < 4.78 is 5.11. The van der Waals surface area contributed by atoms with Gasteiger partial charge in [-0.2, -0.15) is 0 Å². The van der Waals surface area contributed by atoms with Crippen LogP contribution in [0, 0.1) is 0 Å². The number of hydrogen-bond acceptors (Lipinski definition) is 2. The number of halogens is 1. The van der Waals surface area contributed by atoms with Crippen molar-refractivity contribution in [2.24, 2.45) is 0 Å². The van der Waals surface area contributed by atoms with Gasteiger partial charge >= 0.3 is 0 Å². The fourth-order valence-electron chi connectivity index (χ4n) is 1.71. The molecular weight excluding hydrogens is 250 g/mol. The minimum atomic E-state index is -0.137. The van der Waals surface area contributed by atoms with E-state index in [0.717, 1.165) is 5.56 Å². The summed E-state index contributed by atoms with van der Waals surface area (Å²) in [4.78, 5) is 13.7. The van der Waals surface area contributed by atoms with Crippen molar-refractivity contribution in [3.8, 4) is 0 Å². The van der Waals surface area contributed by atoms with Crippen LogP contribution in [0.4, 0.5) is 0 Å². The lowest BCUT2D eigenvalue weighted by Crippen LogP contribution is -2.29. The van der Waals surface area contributed by atoms with Gasteiger partial charge in [-0.3, -0.25) is 4.79 Å². The molecule has 3 nitrogen and oxygen atoms in total. The lowest BCUT2D eigenvalue weighted by molar-refractivity contribution is 0.0710. The van der Waals surface area contributed by atoms with Gasteiger partial charge in [-0.15, -0.1) is 0 Å². The number of benzene rings is 1. The largest absolute Gasteiger partial charge is 0.459 e. The molecule has 0 bridgehead atoms. The maximum Gasteiger partial charge on any atom is 0.289 e. The number of nitrogens with zero attached hydrogens (tertiary/aromatic N) is 1. The maximum atomic E-state index is 12.1. The van der Waals surface area contributed by atoms with Gasteiger partial charge in [-0.1, -0.05) is 23.7 Å². The number of carbonyl (C=O) groups excluding carboxylic acids is 1. The third-order valence-corrected chi connectivity index (χ3v) is 3.24. The van der Waals surface area contributed by atoms with E-state index >= 15 is 0 Å². The first-order valence-corrected chi connectivity index (χ1v) is 6.03. The van der Waals surface area contributed by atoms with Gasteiger partial charge in [0.1, 0.15) is 0 Å². The normalized spacial score (nSPS) is 12.2. The highest BCUT2D eigenvalue weighted by Gasteiger charge is 2.20. The van der Waals surface area contributed by atoms with Gasteiger partial charge in [-0.05, 0) is 36.8 Å². The lowest BCUT2D eigenvalue weighted by Gasteiger charge is -2.24. The van der Waals surface area contributed by atoms with Crippen LogP contribution in [0.3, 0.4) is 0 Å². The molecular formula is C14H14ClNO2. The van der Waals surface area contributed by atoms with E-state index in [4.69, 9.17) is 16.0 Å². The second-order valence-corrected chi connectivity index (χ2v) is 4.56. The molecule has 0 aliphatic carbocycles. The molecule has 1 atom stereocenters. The quantitative estimate of drug-likeness (QED) is 0.845. The summed E-state index contributed by atoms with van der Waals surface area (Å²) in [6, 6.07) is 10.8. The molecule has 1 amide bonds. The Bertz CT molecular complexity index is 519. The van der Waals surface area contributed by atoms with Crippen LogP contribution in [0.25, 0.3) is 0 Å². The third kappa shape index (κ3) is 2.57. The molecule has 0 fully saturated rings. The van der Waals surface area contributed by atoms with Crippen LogP contribution in [-0.4, -0.2) is 17.9 Å². The van der Waals surface area contributed by atoms with Crippen LogP contribution in [0.2, 0.25) is 5.02 Å². The molecule has 0 N–H and O–H groups in total. The van der Waals surface area contributed by atoms with E-state index < -0.39 is 0 Å². The van der Waals surface area contributed by atoms with Gasteiger partial charge < -0.3 is 9.32 Å². The Balaban J connectivity index is 2.16. The summed E-state index contributed by atoms with van der Waals surface area (Å²) in [5.41, 5.74) is 1.03. The summed E-state index contributed by atoms with van der Waals surface area (Å²) in [7, 11) is 1.75. The van der Waals surface area contributed by atoms with Gasteiger partial charge in [-0.25, -0.2) is 0 Å². The molecule has 2 rings (SSSR count). The Hall–Kier alpha value is -1.74. The molecule has 0 spiro atoms. The first-order chi connectivity index (χ1) is 8.59. The molecule has 0 radical (unpaired) electrons. The van der Waals surface area contributed by atoms with Crippen LogP contribution in [0.5, 0.6) is 0 Å². The Labute approximate surface area is 111 Å². The maximum absolute atomic E-state index is 12.1. The minimum Gasteiger partial charge on any atom is -0.459 e. The number of amides is 1. The van der Waals surface area contributed by atoms with Crippen molar-refractivity contribution in [2.75, 3.05) is 7.05 Å². The highest BCUT2D eigenvalue weighted by Crippen LogP contribution is 2.22. The van der Waals surface area contributed by atoms with Gasteiger partial charge in [0, 0.05) is 12.1 Å². The molecule has 0 saturated carbocycles. The van der Waals surface area contributed by atoms with Gasteiger partial charge in [0.15, 0.2) is 5.76 Å². The van der Waals surface area contributed by atoms with Gasteiger partial charge in [0.2, 0.25) is 0 Å². The SMILES string of the molecule is CC(c1ccc(Cl)cc1)N(C)C(=O)c1ccco1. The van der Waals surface area contributed by atoms with Crippen molar-refractivity contribution in [3.05, 3.63) is 59.0 Å². The predicted molar refractivity (Wildman–Crippen MR) is 70.7 cm³/mol. The monoisotopic (exact) mass is 263 g/mol. The summed E-state index contributed by atoms with van der Waals surface area (Å²) in [5, 5.41) is 0.686. The van der Waals surface area contributed by atoms with E-state index in [0.29, 0.717) is 10.8 Å². The highest BCUT2D eigenvalue weighted by atomic mass is 35.5. The molecule has 4 heteroatoms. The van der Waals surface area contributed by atoms with Crippen molar-refractivity contribution in [3.63, 3.8) is 0 Å². The van der Waals surface area contributed by atoms with E-state index in [9.17, 15) is 4.79 Å². The van der Waals surface area contributed by atoms with Crippen molar-refractivity contribution in [1.82, 2.24) is 4.90 Å². The average Bonchev–Trinajstić information content (AvgIpc) is 2.91.